The van der Waals surface area contributed by atoms with Gasteiger partial charge in [-0.15, -0.1) is 0 Å². The van der Waals surface area contributed by atoms with Crippen molar-refractivity contribution in [2.24, 2.45) is 17.6 Å². The van der Waals surface area contributed by atoms with E-state index in [1.807, 2.05) is 6.92 Å². The molecule has 2 aliphatic carbocycles. The Morgan fingerprint density at radius 2 is 2.00 bits per heavy atom. The van der Waals surface area contributed by atoms with E-state index < -0.39 is 47.2 Å². The van der Waals surface area contributed by atoms with Crippen molar-refractivity contribution in [1.29, 1.82) is 0 Å². The fourth-order valence-corrected chi connectivity index (χ4v) is 4.56. The van der Waals surface area contributed by atoms with Crippen LogP contribution in [0.2, 0.25) is 10.0 Å². The third kappa shape index (κ3) is 3.01. The van der Waals surface area contributed by atoms with Gasteiger partial charge in [0.2, 0.25) is 5.67 Å². The summed E-state index contributed by atoms with van der Waals surface area (Å²) in [6.07, 6.45) is -0.318. The van der Waals surface area contributed by atoms with E-state index in [4.69, 9.17) is 38.8 Å². The molecule has 0 spiro atoms. The highest BCUT2D eigenvalue weighted by Crippen LogP contribution is 2.67. The lowest BCUT2D eigenvalue weighted by atomic mass is 9.87. The molecule has 2 aliphatic rings. The molecule has 0 heterocycles. The molecule has 0 amide bonds. The first-order valence-corrected chi connectivity index (χ1v) is 9.39. The fraction of sp³-hybridized carbons (Fsp3) is 0.556. The van der Waals surface area contributed by atoms with Crippen molar-refractivity contribution in [3.8, 4) is 0 Å². The lowest BCUT2D eigenvalue weighted by molar-refractivity contribution is -0.158. The van der Waals surface area contributed by atoms with E-state index in [0.717, 1.165) is 6.42 Å². The Hall–Kier alpha value is -1.41. The van der Waals surface area contributed by atoms with Crippen molar-refractivity contribution < 1.29 is 28.9 Å². The Bertz CT molecular complexity index is 793. The highest BCUT2D eigenvalue weighted by molar-refractivity contribution is 6.42. The minimum absolute atomic E-state index is 0.0716. The van der Waals surface area contributed by atoms with Gasteiger partial charge in [0.15, 0.2) is 0 Å². The van der Waals surface area contributed by atoms with Gasteiger partial charge < -0.3 is 20.7 Å². The number of nitrogens with two attached hydrogens (primary N) is 1. The fourth-order valence-electron chi connectivity index (χ4n) is 4.26. The van der Waals surface area contributed by atoms with Crippen molar-refractivity contribution >= 4 is 35.1 Å². The number of carboxylic acid groups (broad SMARTS) is 2. The van der Waals surface area contributed by atoms with E-state index in [2.05, 4.69) is 0 Å². The number of hydrogen-bond donors (Lipinski definition) is 3. The second-order valence-corrected chi connectivity index (χ2v) is 8.02. The minimum Gasteiger partial charge on any atom is -0.480 e. The van der Waals surface area contributed by atoms with E-state index in [0.29, 0.717) is 22.0 Å². The van der Waals surface area contributed by atoms with Crippen molar-refractivity contribution in [1.82, 2.24) is 0 Å². The Kier molecular flexibility index (Phi) is 5.18. The summed E-state index contributed by atoms with van der Waals surface area (Å²) in [5.74, 6) is -5.44. The van der Waals surface area contributed by atoms with Crippen molar-refractivity contribution in [3.05, 3.63) is 33.8 Å². The molecule has 2 saturated carbocycles. The van der Waals surface area contributed by atoms with Gasteiger partial charge in [-0.05, 0) is 30.5 Å². The Labute approximate surface area is 165 Å². The SMILES string of the molecule is CCCC(OC1CC2C([C@]1(N)C(=O)O)[C@@]2(F)C(=O)O)c1ccc(Cl)c(Cl)c1. The maximum absolute atomic E-state index is 14.6. The maximum atomic E-state index is 14.6. The van der Waals surface area contributed by atoms with Gasteiger partial charge in [0, 0.05) is 11.8 Å². The van der Waals surface area contributed by atoms with Gasteiger partial charge in [-0.25, -0.2) is 9.18 Å². The van der Waals surface area contributed by atoms with Crippen molar-refractivity contribution in [2.45, 2.75) is 49.6 Å². The minimum atomic E-state index is -2.61. The summed E-state index contributed by atoms with van der Waals surface area (Å²) >= 11 is 12.0. The third-order valence-electron chi connectivity index (χ3n) is 5.69. The van der Waals surface area contributed by atoms with E-state index in [-0.39, 0.29) is 6.42 Å². The molecule has 6 nitrogen and oxygen atoms in total. The predicted octanol–water partition coefficient (Wildman–Crippen LogP) is 3.44. The lowest BCUT2D eigenvalue weighted by Gasteiger charge is -2.34. The van der Waals surface area contributed by atoms with Gasteiger partial charge in [-0.3, -0.25) is 4.79 Å². The largest absolute Gasteiger partial charge is 0.480 e. The van der Waals surface area contributed by atoms with Gasteiger partial charge >= 0.3 is 11.9 Å². The number of ether oxygens (including phenoxy) is 1. The van der Waals surface area contributed by atoms with E-state index >= 15 is 0 Å². The highest BCUT2D eigenvalue weighted by Gasteiger charge is 2.85. The Morgan fingerprint density at radius 1 is 1.33 bits per heavy atom. The average molecular weight is 420 g/mol. The zero-order chi connectivity index (χ0) is 20.1. The number of alkyl halides is 1. The number of carbonyl (C=O) groups is 2. The molecular formula is C18H20Cl2FNO5. The zero-order valence-electron chi connectivity index (χ0n) is 14.5. The van der Waals surface area contributed by atoms with Gasteiger partial charge in [-0.2, -0.15) is 0 Å². The van der Waals surface area contributed by atoms with Crippen LogP contribution < -0.4 is 5.73 Å². The first-order chi connectivity index (χ1) is 12.6. The van der Waals surface area contributed by atoms with E-state index in [9.17, 15) is 19.1 Å². The second-order valence-electron chi connectivity index (χ2n) is 7.21. The van der Waals surface area contributed by atoms with Crippen LogP contribution in [-0.4, -0.2) is 39.5 Å². The molecule has 4 unspecified atom stereocenters. The molecule has 0 radical (unpaired) electrons. The maximum Gasteiger partial charge on any atom is 0.342 e. The number of hydrogen-bond acceptors (Lipinski definition) is 4. The predicted molar refractivity (Wildman–Crippen MR) is 96.6 cm³/mol. The highest BCUT2D eigenvalue weighted by atomic mass is 35.5. The van der Waals surface area contributed by atoms with Gasteiger partial charge in [0.05, 0.1) is 22.3 Å². The molecule has 2 fully saturated rings. The number of fused-ring (bicyclic) bond motifs is 1. The number of rotatable bonds is 7. The number of aliphatic carboxylic acids is 2. The van der Waals surface area contributed by atoms with Gasteiger partial charge in [0.1, 0.15) is 5.54 Å². The Morgan fingerprint density at radius 3 is 2.52 bits per heavy atom. The number of halogens is 3. The third-order valence-corrected chi connectivity index (χ3v) is 6.43. The molecule has 6 atom stereocenters. The van der Waals surface area contributed by atoms with Crippen LogP contribution in [-0.2, 0) is 14.3 Å². The summed E-state index contributed by atoms with van der Waals surface area (Å²) < 4.78 is 20.7. The number of carboxylic acids is 2. The monoisotopic (exact) mass is 419 g/mol. The van der Waals surface area contributed by atoms with Gasteiger partial charge in [0.25, 0.3) is 0 Å². The molecule has 0 aromatic heterocycles. The van der Waals surface area contributed by atoms with Crippen LogP contribution in [0, 0.1) is 11.8 Å². The number of benzene rings is 1. The quantitative estimate of drug-likeness (QED) is 0.624. The van der Waals surface area contributed by atoms with E-state index in [1.165, 1.54) is 0 Å². The Balaban J connectivity index is 1.88. The first kappa shape index (κ1) is 20.3. The molecule has 0 aliphatic heterocycles. The van der Waals surface area contributed by atoms with Crippen LogP contribution in [0.15, 0.2) is 18.2 Å². The standard InChI is InChI=1S/C18H20Cl2FNO5/c1-2-3-12(8-4-5-10(19)11(20)6-8)27-13-7-9-14(17(9,21)15(23)24)18(13,22)16(25)26/h4-6,9,12-14H,2-3,7,22H2,1H3,(H,23,24)(H,25,26)/t9?,12?,13?,14?,17-,18+/m1/s1. The van der Waals surface area contributed by atoms with Gasteiger partial charge in [-0.1, -0.05) is 42.6 Å². The molecule has 27 heavy (non-hydrogen) atoms. The first-order valence-electron chi connectivity index (χ1n) is 8.63. The second kappa shape index (κ2) is 6.88. The average Bonchev–Trinajstić information content (AvgIpc) is 3.08. The van der Waals surface area contributed by atoms with Crippen molar-refractivity contribution in [2.75, 3.05) is 0 Å². The zero-order valence-corrected chi connectivity index (χ0v) is 16.0. The summed E-state index contributed by atoms with van der Waals surface area (Å²) in [4.78, 5) is 23.1. The normalized spacial score (nSPS) is 35.5. The molecule has 4 N–H and O–H groups in total. The molecule has 1 aromatic carbocycles. The van der Waals surface area contributed by atoms with Crippen LogP contribution in [0.1, 0.15) is 37.9 Å². The van der Waals surface area contributed by atoms with Crippen LogP contribution in [0.3, 0.4) is 0 Å². The summed E-state index contributed by atoms with van der Waals surface area (Å²) in [7, 11) is 0. The topological polar surface area (TPSA) is 110 Å². The van der Waals surface area contributed by atoms with Crippen LogP contribution >= 0.6 is 23.2 Å². The molecule has 3 rings (SSSR count). The molecular weight excluding hydrogens is 400 g/mol. The summed E-state index contributed by atoms with van der Waals surface area (Å²) in [6, 6.07) is 4.97. The summed E-state index contributed by atoms with van der Waals surface area (Å²) in [6.45, 7) is 1.93. The molecule has 1 aromatic rings. The smallest absolute Gasteiger partial charge is 0.342 e. The summed E-state index contributed by atoms with van der Waals surface area (Å²) in [5, 5.41) is 19.5. The molecule has 148 valence electrons. The van der Waals surface area contributed by atoms with Crippen molar-refractivity contribution in [3.63, 3.8) is 0 Å². The summed E-state index contributed by atoms with van der Waals surface area (Å²) in [5.41, 5.74) is 2.02. The van der Waals surface area contributed by atoms with Crippen LogP contribution in [0.4, 0.5) is 4.39 Å². The lowest BCUT2D eigenvalue weighted by Crippen LogP contribution is -2.60. The van der Waals surface area contributed by atoms with Crippen LogP contribution in [0.25, 0.3) is 0 Å². The molecule has 9 heteroatoms. The molecule has 0 saturated heterocycles. The van der Waals surface area contributed by atoms with Crippen LogP contribution in [0.5, 0.6) is 0 Å². The molecule has 0 bridgehead atoms. The van der Waals surface area contributed by atoms with E-state index in [1.54, 1.807) is 18.2 Å².